The zero-order valence-electron chi connectivity index (χ0n) is 17.5. The average Bonchev–Trinajstić information content (AvgIpc) is 3.25. The number of hydrogen-bond acceptors (Lipinski definition) is 5. The van der Waals surface area contributed by atoms with E-state index < -0.39 is 5.97 Å². The van der Waals surface area contributed by atoms with Gasteiger partial charge in [0.1, 0.15) is 5.01 Å². The molecule has 3 aromatic rings. The first kappa shape index (κ1) is 21.7. The highest BCUT2D eigenvalue weighted by Crippen LogP contribution is 2.21. The van der Waals surface area contributed by atoms with Gasteiger partial charge in [0, 0.05) is 17.5 Å². The first-order valence-corrected chi connectivity index (χ1v) is 10.8. The molecule has 3 rings (SSSR count). The second-order valence-electron chi connectivity index (χ2n) is 7.47. The van der Waals surface area contributed by atoms with Crippen molar-refractivity contribution in [1.82, 2.24) is 9.88 Å². The molecule has 5 nitrogen and oxygen atoms in total. The van der Waals surface area contributed by atoms with Crippen LogP contribution in [0.3, 0.4) is 0 Å². The van der Waals surface area contributed by atoms with Crippen LogP contribution in [0.4, 0.5) is 0 Å². The van der Waals surface area contributed by atoms with E-state index in [4.69, 9.17) is 4.74 Å². The van der Waals surface area contributed by atoms with Gasteiger partial charge >= 0.3 is 5.97 Å². The van der Waals surface area contributed by atoms with Gasteiger partial charge in [-0.3, -0.25) is 4.79 Å². The number of nitrogens with zero attached hydrogens (tertiary/aromatic N) is 2. The Bertz CT molecular complexity index is 981. The summed E-state index contributed by atoms with van der Waals surface area (Å²) in [6.07, 6.45) is 0.892. The Labute approximate surface area is 181 Å². The molecule has 1 aromatic heterocycles. The maximum Gasteiger partial charge on any atom is 0.357 e. The number of thiazole rings is 1. The van der Waals surface area contributed by atoms with Crippen LogP contribution in [0.2, 0.25) is 0 Å². The van der Waals surface area contributed by atoms with Gasteiger partial charge in [-0.1, -0.05) is 56.3 Å². The van der Waals surface area contributed by atoms with E-state index >= 15 is 0 Å². The van der Waals surface area contributed by atoms with Crippen LogP contribution in [-0.4, -0.2) is 35.4 Å². The molecule has 0 bridgehead atoms. The summed E-state index contributed by atoms with van der Waals surface area (Å²) in [4.78, 5) is 31.0. The lowest BCUT2D eigenvalue weighted by molar-refractivity contribution is 0.0594. The standard InChI is InChI=1S/C24H26N2O3S/c1-17(2)13-14-26(15-22-25-21(16-30-22)24(28)29-3)23(27)20-11-9-19(10-12-20)18-7-5-4-6-8-18/h4-12,16-17H,13-15H2,1-3H3. The molecule has 0 aliphatic heterocycles. The molecule has 0 radical (unpaired) electrons. The monoisotopic (exact) mass is 422 g/mol. The highest BCUT2D eigenvalue weighted by Gasteiger charge is 2.19. The normalized spacial score (nSPS) is 10.8. The molecule has 0 atom stereocenters. The summed E-state index contributed by atoms with van der Waals surface area (Å²) in [5, 5.41) is 2.38. The maximum absolute atomic E-state index is 13.2. The first-order valence-electron chi connectivity index (χ1n) is 9.95. The SMILES string of the molecule is COC(=O)c1csc(CN(CCC(C)C)C(=O)c2ccc(-c3ccccc3)cc2)n1. The Morgan fingerprint density at radius 1 is 1.03 bits per heavy atom. The van der Waals surface area contributed by atoms with E-state index in [1.54, 1.807) is 10.3 Å². The van der Waals surface area contributed by atoms with E-state index in [-0.39, 0.29) is 11.6 Å². The van der Waals surface area contributed by atoms with E-state index in [1.807, 2.05) is 54.6 Å². The molecule has 0 unspecified atom stereocenters. The molecule has 156 valence electrons. The lowest BCUT2D eigenvalue weighted by atomic mass is 10.0. The van der Waals surface area contributed by atoms with Crippen molar-refractivity contribution in [3.63, 3.8) is 0 Å². The number of aromatic nitrogens is 1. The maximum atomic E-state index is 13.2. The zero-order chi connectivity index (χ0) is 21.5. The van der Waals surface area contributed by atoms with Gasteiger partial charge in [-0.05, 0) is 35.6 Å². The fraction of sp³-hybridized carbons (Fsp3) is 0.292. The molecule has 0 fully saturated rings. The van der Waals surface area contributed by atoms with E-state index in [0.29, 0.717) is 29.6 Å². The van der Waals surface area contributed by atoms with Crippen molar-refractivity contribution >= 4 is 23.2 Å². The molecule has 2 aromatic carbocycles. The van der Waals surface area contributed by atoms with E-state index in [2.05, 4.69) is 18.8 Å². The lowest BCUT2D eigenvalue weighted by Gasteiger charge is -2.23. The molecule has 0 saturated heterocycles. The van der Waals surface area contributed by atoms with Crippen molar-refractivity contribution in [2.24, 2.45) is 5.92 Å². The molecule has 0 aliphatic rings. The van der Waals surface area contributed by atoms with Crippen LogP contribution < -0.4 is 0 Å². The number of hydrogen-bond donors (Lipinski definition) is 0. The quantitative estimate of drug-likeness (QED) is 0.463. The number of carbonyl (C=O) groups is 2. The fourth-order valence-corrected chi connectivity index (χ4v) is 3.81. The molecule has 6 heteroatoms. The Morgan fingerprint density at radius 2 is 1.70 bits per heavy atom. The minimum absolute atomic E-state index is 0.0370. The fourth-order valence-electron chi connectivity index (χ4n) is 3.03. The van der Waals surface area contributed by atoms with Crippen LogP contribution in [0, 0.1) is 5.92 Å². The summed E-state index contributed by atoms with van der Waals surface area (Å²) in [5.41, 5.74) is 3.11. The molecule has 0 aliphatic carbocycles. The summed E-state index contributed by atoms with van der Waals surface area (Å²) in [7, 11) is 1.33. The predicted molar refractivity (Wildman–Crippen MR) is 120 cm³/mol. The van der Waals surface area contributed by atoms with E-state index in [0.717, 1.165) is 17.5 Å². The number of methoxy groups -OCH3 is 1. The van der Waals surface area contributed by atoms with Crippen molar-refractivity contribution in [3.05, 3.63) is 76.2 Å². The number of carbonyl (C=O) groups excluding carboxylic acids is 2. The highest BCUT2D eigenvalue weighted by molar-refractivity contribution is 7.09. The van der Waals surface area contributed by atoms with Crippen molar-refractivity contribution in [1.29, 1.82) is 0 Å². The Kier molecular flexibility index (Phi) is 7.36. The van der Waals surface area contributed by atoms with Gasteiger partial charge in [0.2, 0.25) is 0 Å². The minimum atomic E-state index is -0.464. The molecular formula is C24H26N2O3S. The van der Waals surface area contributed by atoms with Crippen LogP contribution in [0.5, 0.6) is 0 Å². The Balaban J connectivity index is 1.78. The van der Waals surface area contributed by atoms with Crippen LogP contribution >= 0.6 is 11.3 Å². The molecule has 0 N–H and O–H groups in total. The molecule has 30 heavy (non-hydrogen) atoms. The molecule has 0 saturated carbocycles. The largest absolute Gasteiger partial charge is 0.464 e. The first-order chi connectivity index (χ1) is 14.5. The number of rotatable bonds is 8. The number of ether oxygens (including phenoxy) is 1. The topological polar surface area (TPSA) is 59.5 Å². The van der Waals surface area contributed by atoms with Gasteiger partial charge in [0.05, 0.1) is 13.7 Å². The van der Waals surface area contributed by atoms with Crippen LogP contribution in [-0.2, 0) is 11.3 Å². The second kappa shape index (κ2) is 10.2. The van der Waals surface area contributed by atoms with Crippen molar-refractivity contribution < 1.29 is 14.3 Å². The van der Waals surface area contributed by atoms with E-state index in [1.165, 1.54) is 18.4 Å². The average molecular weight is 423 g/mol. The minimum Gasteiger partial charge on any atom is -0.464 e. The van der Waals surface area contributed by atoms with Gasteiger partial charge in [0.15, 0.2) is 5.69 Å². The van der Waals surface area contributed by atoms with Gasteiger partial charge in [-0.2, -0.15) is 0 Å². The highest BCUT2D eigenvalue weighted by atomic mass is 32.1. The van der Waals surface area contributed by atoms with E-state index in [9.17, 15) is 9.59 Å². The third kappa shape index (κ3) is 5.54. The van der Waals surface area contributed by atoms with Crippen molar-refractivity contribution in [3.8, 4) is 11.1 Å². The molecular weight excluding hydrogens is 396 g/mol. The predicted octanol–water partition coefficient (Wildman–Crippen LogP) is 5.29. The molecule has 1 heterocycles. The smallest absolute Gasteiger partial charge is 0.357 e. The van der Waals surface area contributed by atoms with Crippen molar-refractivity contribution in [2.45, 2.75) is 26.8 Å². The lowest BCUT2D eigenvalue weighted by Crippen LogP contribution is -2.32. The second-order valence-corrected chi connectivity index (χ2v) is 8.41. The van der Waals surface area contributed by atoms with Crippen LogP contribution in [0.15, 0.2) is 60.0 Å². The molecule has 1 amide bonds. The summed E-state index contributed by atoms with van der Waals surface area (Å²) in [6, 6.07) is 17.8. The van der Waals surface area contributed by atoms with Gasteiger partial charge in [-0.25, -0.2) is 9.78 Å². The summed E-state index contributed by atoms with van der Waals surface area (Å²) < 4.78 is 4.72. The summed E-state index contributed by atoms with van der Waals surface area (Å²) >= 11 is 1.36. The van der Waals surface area contributed by atoms with Crippen molar-refractivity contribution in [2.75, 3.05) is 13.7 Å². The summed E-state index contributed by atoms with van der Waals surface area (Å²) in [6.45, 7) is 5.27. The van der Waals surface area contributed by atoms with Crippen LogP contribution in [0.1, 0.15) is 46.1 Å². The third-order valence-electron chi connectivity index (χ3n) is 4.77. The number of esters is 1. The molecule has 0 spiro atoms. The third-order valence-corrected chi connectivity index (χ3v) is 5.61. The Morgan fingerprint density at radius 3 is 2.33 bits per heavy atom. The van der Waals surface area contributed by atoms with Gasteiger partial charge in [-0.15, -0.1) is 11.3 Å². The van der Waals surface area contributed by atoms with Gasteiger partial charge in [0.25, 0.3) is 5.91 Å². The zero-order valence-corrected chi connectivity index (χ0v) is 18.3. The summed E-state index contributed by atoms with van der Waals surface area (Å²) in [5.74, 6) is -0.0261. The van der Waals surface area contributed by atoms with Crippen LogP contribution in [0.25, 0.3) is 11.1 Å². The number of benzene rings is 2. The Hall–Kier alpha value is -2.99. The van der Waals surface area contributed by atoms with Gasteiger partial charge < -0.3 is 9.64 Å². The number of amides is 1.